The van der Waals surface area contributed by atoms with Gasteiger partial charge in [0.25, 0.3) is 0 Å². The van der Waals surface area contributed by atoms with Gasteiger partial charge in [0.15, 0.2) is 0 Å². The second-order valence-corrected chi connectivity index (χ2v) is 9.46. The van der Waals surface area contributed by atoms with Crippen molar-refractivity contribution in [2.45, 2.75) is 25.5 Å². The van der Waals surface area contributed by atoms with Gasteiger partial charge in [-0.05, 0) is 55.0 Å². The van der Waals surface area contributed by atoms with Gasteiger partial charge in [-0.1, -0.05) is 6.92 Å². The minimum absolute atomic E-state index is 0.256. The Morgan fingerprint density at radius 1 is 1.24 bits per heavy atom. The molecule has 0 aliphatic carbocycles. The fraction of sp³-hybridized carbons (Fsp3) is 0.450. The smallest absolute Gasteiger partial charge is 0.240 e. The number of amides is 1. The van der Waals surface area contributed by atoms with Crippen molar-refractivity contribution < 1.29 is 22.4 Å². The van der Waals surface area contributed by atoms with E-state index in [1.54, 1.807) is 42.3 Å². The minimum atomic E-state index is -3.59. The maximum Gasteiger partial charge on any atom is 0.240 e. The molecule has 29 heavy (non-hydrogen) atoms. The number of nitrogens with zero attached hydrogens (tertiary/aromatic N) is 1. The number of hydrogen-bond acceptors (Lipinski definition) is 6. The van der Waals surface area contributed by atoms with E-state index in [2.05, 4.69) is 5.32 Å². The summed E-state index contributed by atoms with van der Waals surface area (Å²) in [6, 6.07) is 10.5. The molecule has 0 fully saturated rings. The van der Waals surface area contributed by atoms with E-state index in [-0.39, 0.29) is 12.5 Å². The molecule has 1 N–H and O–H groups in total. The summed E-state index contributed by atoms with van der Waals surface area (Å²) >= 11 is 1.72. The van der Waals surface area contributed by atoms with Crippen LogP contribution < -0.4 is 14.4 Å². The first-order valence-electron chi connectivity index (χ1n) is 9.47. The van der Waals surface area contributed by atoms with Crippen molar-refractivity contribution in [2.24, 2.45) is 0 Å². The molecule has 0 spiro atoms. The Kier molecular flexibility index (Phi) is 9.40. The molecule has 0 bridgehead atoms. The summed E-state index contributed by atoms with van der Waals surface area (Å²) < 4.78 is 36.2. The third-order valence-corrected chi connectivity index (χ3v) is 6.10. The van der Waals surface area contributed by atoms with Gasteiger partial charge in [-0.3, -0.25) is 9.10 Å². The molecule has 0 atom stereocenters. The van der Waals surface area contributed by atoms with Gasteiger partial charge >= 0.3 is 0 Å². The maximum absolute atomic E-state index is 12.2. The summed E-state index contributed by atoms with van der Waals surface area (Å²) in [7, 11) is -3.59. The number of rotatable bonds is 13. The van der Waals surface area contributed by atoms with Crippen molar-refractivity contribution in [3.63, 3.8) is 0 Å². The van der Waals surface area contributed by atoms with E-state index in [9.17, 15) is 13.2 Å². The Labute approximate surface area is 176 Å². The van der Waals surface area contributed by atoms with Crippen molar-refractivity contribution in [3.8, 4) is 5.75 Å². The standard InChI is InChI=1S/C20H28N2O5S2/c1-3-12-26-18-9-7-17(8-10-18)22(29(2,24)25)15-20(23)21-11-5-14-28-16-19-6-4-13-27-19/h4,6-10,13H,3,5,11-12,14-16H2,1-2H3,(H,21,23). The van der Waals surface area contributed by atoms with Crippen molar-refractivity contribution in [3.05, 3.63) is 48.4 Å². The zero-order valence-electron chi connectivity index (χ0n) is 16.8. The van der Waals surface area contributed by atoms with Crippen LogP contribution >= 0.6 is 11.8 Å². The number of benzene rings is 1. The molecule has 2 aromatic rings. The minimum Gasteiger partial charge on any atom is -0.494 e. The number of thioether (sulfide) groups is 1. The summed E-state index contributed by atoms with van der Waals surface area (Å²) in [5.74, 6) is 2.92. The number of carbonyl (C=O) groups is 1. The summed E-state index contributed by atoms with van der Waals surface area (Å²) in [4.78, 5) is 12.2. The number of sulfonamides is 1. The lowest BCUT2D eigenvalue weighted by molar-refractivity contribution is -0.119. The number of carbonyl (C=O) groups excluding carboxylic acids is 1. The van der Waals surface area contributed by atoms with Crippen LogP contribution in [0.1, 0.15) is 25.5 Å². The predicted octanol–water partition coefficient (Wildman–Crippen LogP) is 3.27. The lowest BCUT2D eigenvalue weighted by atomic mass is 10.3. The van der Waals surface area contributed by atoms with Crippen LogP contribution in [0.5, 0.6) is 5.75 Å². The highest BCUT2D eigenvalue weighted by Gasteiger charge is 2.20. The molecule has 1 aromatic heterocycles. The van der Waals surface area contributed by atoms with Crippen molar-refractivity contribution in [2.75, 3.05) is 36.0 Å². The topological polar surface area (TPSA) is 88.8 Å². The first-order valence-corrected chi connectivity index (χ1v) is 12.5. The number of hydrogen-bond donors (Lipinski definition) is 1. The third-order valence-electron chi connectivity index (χ3n) is 3.90. The molecule has 0 saturated carbocycles. The van der Waals surface area contributed by atoms with Crippen LogP contribution in [-0.2, 0) is 20.6 Å². The molecule has 0 radical (unpaired) electrons. The summed E-state index contributed by atoms with van der Waals surface area (Å²) in [5.41, 5.74) is 0.431. The number of ether oxygens (including phenoxy) is 1. The molecule has 160 valence electrons. The lowest BCUT2D eigenvalue weighted by Crippen LogP contribution is -2.40. The van der Waals surface area contributed by atoms with Crippen molar-refractivity contribution >= 4 is 33.4 Å². The van der Waals surface area contributed by atoms with E-state index >= 15 is 0 Å². The molecule has 0 aliphatic heterocycles. The Hall–Kier alpha value is -2.13. The number of anilines is 1. The molecule has 7 nitrogen and oxygen atoms in total. The molecule has 1 aromatic carbocycles. The Morgan fingerprint density at radius 2 is 2.00 bits per heavy atom. The summed E-state index contributed by atoms with van der Waals surface area (Å²) in [6.07, 6.45) is 4.42. The van der Waals surface area contributed by atoms with Crippen LogP contribution in [0.3, 0.4) is 0 Å². The van der Waals surface area contributed by atoms with Crippen molar-refractivity contribution in [1.82, 2.24) is 5.32 Å². The van der Waals surface area contributed by atoms with Crippen LogP contribution in [0.2, 0.25) is 0 Å². The van der Waals surface area contributed by atoms with Crippen LogP contribution in [0.25, 0.3) is 0 Å². The molecule has 0 unspecified atom stereocenters. The Morgan fingerprint density at radius 3 is 2.62 bits per heavy atom. The van der Waals surface area contributed by atoms with E-state index in [0.717, 1.165) is 40.7 Å². The number of furan rings is 1. The zero-order chi connectivity index (χ0) is 21.1. The van der Waals surface area contributed by atoms with Crippen molar-refractivity contribution in [1.29, 1.82) is 0 Å². The van der Waals surface area contributed by atoms with E-state index in [4.69, 9.17) is 9.15 Å². The highest BCUT2D eigenvalue weighted by atomic mass is 32.2. The molecule has 1 heterocycles. The molecule has 2 rings (SSSR count). The highest BCUT2D eigenvalue weighted by molar-refractivity contribution is 7.98. The molecule has 0 saturated heterocycles. The molecule has 0 aliphatic rings. The maximum atomic E-state index is 12.2. The van der Waals surface area contributed by atoms with Gasteiger partial charge in [-0.15, -0.1) is 0 Å². The normalized spacial score (nSPS) is 11.2. The van der Waals surface area contributed by atoms with Crippen LogP contribution in [-0.4, -0.2) is 46.0 Å². The van der Waals surface area contributed by atoms with Gasteiger partial charge in [0.2, 0.25) is 15.9 Å². The largest absolute Gasteiger partial charge is 0.494 e. The average molecular weight is 441 g/mol. The fourth-order valence-electron chi connectivity index (χ4n) is 2.48. The SMILES string of the molecule is CCCOc1ccc(N(CC(=O)NCCCSCc2ccco2)S(C)(=O)=O)cc1. The van der Waals surface area contributed by atoms with Gasteiger partial charge in [0, 0.05) is 6.54 Å². The number of nitrogens with one attached hydrogen (secondary N) is 1. The highest BCUT2D eigenvalue weighted by Crippen LogP contribution is 2.21. The Bertz CT molecular complexity index is 836. The molecular formula is C20H28N2O5S2. The first kappa shape index (κ1) is 23.2. The van der Waals surface area contributed by atoms with E-state index in [0.29, 0.717) is 24.6 Å². The quantitative estimate of drug-likeness (QED) is 0.481. The van der Waals surface area contributed by atoms with E-state index in [1.807, 2.05) is 19.1 Å². The molecular weight excluding hydrogens is 412 g/mol. The van der Waals surface area contributed by atoms with Gasteiger partial charge in [0.1, 0.15) is 18.1 Å². The van der Waals surface area contributed by atoms with Gasteiger partial charge < -0.3 is 14.5 Å². The Balaban J connectivity index is 1.79. The third kappa shape index (κ3) is 8.41. The molecule has 1 amide bonds. The van der Waals surface area contributed by atoms with Gasteiger partial charge in [-0.2, -0.15) is 11.8 Å². The monoisotopic (exact) mass is 440 g/mol. The lowest BCUT2D eigenvalue weighted by Gasteiger charge is -2.22. The zero-order valence-corrected chi connectivity index (χ0v) is 18.4. The second-order valence-electron chi connectivity index (χ2n) is 6.45. The molecule has 9 heteroatoms. The van der Waals surface area contributed by atoms with Crippen LogP contribution in [0, 0.1) is 0 Å². The van der Waals surface area contributed by atoms with E-state index in [1.165, 1.54) is 0 Å². The van der Waals surface area contributed by atoms with Gasteiger partial charge in [0.05, 0.1) is 30.6 Å². The summed E-state index contributed by atoms with van der Waals surface area (Å²) in [5, 5.41) is 2.78. The summed E-state index contributed by atoms with van der Waals surface area (Å²) in [6.45, 7) is 2.84. The fourth-order valence-corrected chi connectivity index (χ4v) is 4.20. The average Bonchev–Trinajstić information content (AvgIpc) is 3.20. The van der Waals surface area contributed by atoms with Gasteiger partial charge in [-0.25, -0.2) is 8.42 Å². The first-order chi connectivity index (χ1) is 13.9. The predicted molar refractivity (Wildman–Crippen MR) is 117 cm³/mol. The van der Waals surface area contributed by atoms with Crippen LogP contribution in [0.4, 0.5) is 5.69 Å². The second kappa shape index (κ2) is 11.8. The van der Waals surface area contributed by atoms with E-state index < -0.39 is 10.0 Å². The van der Waals surface area contributed by atoms with Crippen LogP contribution in [0.15, 0.2) is 47.1 Å².